The zero-order chi connectivity index (χ0) is 17.3. The lowest BCUT2D eigenvalue weighted by atomic mass is 10.1. The van der Waals surface area contributed by atoms with Gasteiger partial charge in [0.25, 0.3) is 0 Å². The highest BCUT2D eigenvalue weighted by atomic mass is 79.9. The Morgan fingerprint density at radius 3 is 2.79 bits per heavy atom. The van der Waals surface area contributed by atoms with Gasteiger partial charge in [-0.3, -0.25) is 4.68 Å². The van der Waals surface area contributed by atoms with Crippen molar-refractivity contribution in [1.82, 2.24) is 14.8 Å². The molecule has 0 saturated carbocycles. The van der Waals surface area contributed by atoms with E-state index in [0.717, 1.165) is 27.0 Å². The van der Waals surface area contributed by atoms with Crippen molar-refractivity contribution >= 4 is 38.5 Å². The molecule has 0 radical (unpaired) electrons. The predicted octanol–water partition coefficient (Wildman–Crippen LogP) is 4.76. The van der Waals surface area contributed by atoms with Gasteiger partial charge in [-0.05, 0) is 56.2 Å². The number of methoxy groups -OCH3 is 1. The minimum atomic E-state index is 0.171. The highest BCUT2D eigenvalue weighted by Crippen LogP contribution is 2.27. The van der Waals surface area contributed by atoms with Crippen molar-refractivity contribution in [2.24, 2.45) is 0 Å². The van der Waals surface area contributed by atoms with Crippen LogP contribution < -0.4 is 5.32 Å². The van der Waals surface area contributed by atoms with Crippen molar-refractivity contribution in [3.8, 4) is 0 Å². The monoisotopic (exact) mass is 388 g/mol. The summed E-state index contributed by atoms with van der Waals surface area (Å²) in [5, 5.41) is 7.85. The molecule has 0 fully saturated rings. The molecule has 1 aromatic carbocycles. The van der Waals surface area contributed by atoms with Gasteiger partial charge in [-0.25, -0.2) is 4.98 Å². The van der Waals surface area contributed by atoms with Crippen molar-refractivity contribution in [1.29, 1.82) is 0 Å². The molecule has 1 N–H and O–H groups in total. The topological polar surface area (TPSA) is 52.0 Å². The summed E-state index contributed by atoms with van der Waals surface area (Å²) >= 11 is 3.56. The van der Waals surface area contributed by atoms with Gasteiger partial charge in [0.15, 0.2) is 0 Å². The van der Waals surface area contributed by atoms with Crippen LogP contribution in [-0.4, -0.2) is 28.5 Å². The molecule has 126 valence electrons. The lowest BCUT2D eigenvalue weighted by molar-refractivity contribution is 0.159. The van der Waals surface area contributed by atoms with E-state index < -0.39 is 0 Å². The number of halogens is 1. The summed E-state index contributed by atoms with van der Waals surface area (Å²) in [6.45, 7) is 6.85. The van der Waals surface area contributed by atoms with Crippen LogP contribution in [0, 0.1) is 13.8 Å². The van der Waals surface area contributed by atoms with Crippen LogP contribution in [0.25, 0.3) is 11.0 Å². The van der Waals surface area contributed by atoms with Gasteiger partial charge in [0.2, 0.25) is 0 Å². The third-order valence-electron chi connectivity index (χ3n) is 4.05. The Morgan fingerprint density at radius 1 is 1.25 bits per heavy atom. The van der Waals surface area contributed by atoms with Crippen LogP contribution in [-0.2, 0) is 4.74 Å². The standard InChI is InChI=1S/C18H21BrN4O/c1-11-8-15(12(2)7-14(11)19)21-18-6-5-17-16(22-18)9-20-23(17)13(3)10-24-4/h5-9,13H,10H2,1-4H3,(H,21,22). The number of rotatable bonds is 5. The maximum absolute atomic E-state index is 5.22. The number of pyridine rings is 1. The Morgan fingerprint density at radius 2 is 2.04 bits per heavy atom. The van der Waals surface area contributed by atoms with E-state index in [0.29, 0.717) is 6.61 Å². The normalized spacial score (nSPS) is 12.5. The van der Waals surface area contributed by atoms with Crippen LogP contribution in [0.2, 0.25) is 0 Å². The number of hydrogen-bond donors (Lipinski definition) is 1. The Bertz CT molecular complexity index is 875. The number of ether oxygens (including phenoxy) is 1. The largest absolute Gasteiger partial charge is 0.382 e. The van der Waals surface area contributed by atoms with Crippen LogP contribution in [0.5, 0.6) is 0 Å². The molecule has 0 amide bonds. The lowest BCUT2D eigenvalue weighted by Gasteiger charge is -2.13. The van der Waals surface area contributed by atoms with E-state index >= 15 is 0 Å². The number of aryl methyl sites for hydroxylation is 2. The summed E-state index contributed by atoms with van der Waals surface area (Å²) in [7, 11) is 1.70. The van der Waals surface area contributed by atoms with Crippen molar-refractivity contribution < 1.29 is 4.74 Å². The third-order valence-corrected chi connectivity index (χ3v) is 4.90. The molecule has 5 nitrogen and oxygen atoms in total. The third kappa shape index (κ3) is 3.30. The number of nitrogens with one attached hydrogen (secondary N) is 1. The van der Waals surface area contributed by atoms with Crippen LogP contribution in [0.1, 0.15) is 24.1 Å². The Kier molecular flexibility index (Phi) is 4.87. The maximum Gasteiger partial charge on any atom is 0.131 e. The average molecular weight is 389 g/mol. The summed E-state index contributed by atoms with van der Waals surface area (Å²) in [6.07, 6.45) is 1.80. The first-order valence-corrected chi connectivity index (χ1v) is 8.66. The van der Waals surface area contributed by atoms with Gasteiger partial charge in [0.1, 0.15) is 11.3 Å². The molecule has 24 heavy (non-hydrogen) atoms. The van der Waals surface area contributed by atoms with Gasteiger partial charge in [0, 0.05) is 17.3 Å². The summed E-state index contributed by atoms with van der Waals surface area (Å²) in [5.74, 6) is 0.811. The van der Waals surface area contributed by atoms with E-state index in [1.807, 2.05) is 16.8 Å². The quantitative estimate of drug-likeness (QED) is 0.684. The fraction of sp³-hybridized carbons (Fsp3) is 0.333. The zero-order valence-corrected chi connectivity index (χ0v) is 15.9. The van der Waals surface area contributed by atoms with Crippen molar-refractivity contribution in [2.45, 2.75) is 26.8 Å². The van der Waals surface area contributed by atoms with E-state index in [1.165, 1.54) is 11.1 Å². The number of hydrogen-bond acceptors (Lipinski definition) is 4. The van der Waals surface area contributed by atoms with Gasteiger partial charge in [-0.1, -0.05) is 15.9 Å². The molecule has 0 aliphatic rings. The van der Waals surface area contributed by atoms with Crippen LogP contribution >= 0.6 is 15.9 Å². The Balaban J connectivity index is 1.91. The summed E-state index contributed by atoms with van der Waals surface area (Å²) in [4.78, 5) is 4.68. The van der Waals surface area contributed by atoms with Crippen molar-refractivity contribution in [3.05, 3.63) is 46.1 Å². The minimum Gasteiger partial charge on any atom is -0.382 e. The van der Waals surface area contributed by atoms with Crippen molar-refractivity contribution in [2.75, 3.05) is 19.0 Å². The number of fused-ring (bicyclic) bond motifs is 1. The molecule has 2 heterocycles. The van der Waals surface area contributed by atoms with E-state index in [4.69, 9.17) is 4.74 Å². The lowest BCUT2D eigenvalue weighted by Crippen LogP contribution is -2.12. The first-order valence-electron chi connectivity index (χ1n) is 7.86. The molecule has 1 atom stereocenters. The molecule has 3 rings (SSSR count). The average Bonchev–Trinajstić information content (AvgIpc) is 2.96. The molecule has 2 aromatic heterocycles. The number of aromatic nitrogens is 3. The van der Waals surface area contributed by atoms with E-state index in [9.17, 15) is 0 Å². The van der Waals surface area contributed by atoms with Gasteiger partial charge in [0.05, 0.1) is 24.4 Å². The molecule has 0 saturated heterocycles. The first-order chi connectivity index (χ1) is 11.5. The second-order valence-electron chi connectivity index (χ2n) is 6.04. The highest BCUT2D eigenvalue weighted by Gasteiger charge is 2.11. The molecular weight excluding hydrogens is 368 g/mol. The second kappa shape index (κ2) is 6.91. The minimum absolute atomic E-state index is 0.171. The molecule has 0 spiro atoms. The SMILES string of the molecule is COCC(C)n1ncc2nc(Nc3cc(C)c(Br)cc3C)ccc21. The molecule has 0 bridgehead atoms. The summed E-state index contributed by atoms with van der Waals surface area (Å²) < 4.78 is 8.28. The van der Waals surface area contributed by atoms with Gasteiger partial charge in [-0.2, -0.15) is 5.10 Å². The number of nitrogens with zero attached hydrogens (tertiary/aromatic N) is 3. The molecule has 6 heteroatoms. The molecule has 3 aromatic rings. The summed E-state index contributed by atoms with van der Waals surface area (Å²) in [6, 6.07) is 8.43. The van der Waals surface area contributed by atoms with E-state index in [-0.39, 0.29) is 6.04 Å². The number of anilines is 2. The Hall–Kier alpha value is -1.92. The smallest absolute Gasteiger partial charge is 0.131 e. The summed E-state index contributed by atoms with van der Waals surface area (Å²) in [5.41, 5.74) is 5.29. The fourth-order valence-electron chi connectivity index (χ4n) is 2.72. The first kappa shape index (κ1) is 16.9. The molecule has 1 unspecified atom stereocenters. The van der Waals surface area contributed by atoms with E-state index in [1.54, 1.807) is 13.3 Å². The zero-order valence-electron chi connectivity index (χ0n) is 14.3. The van der Waals surface area contributed by atoms with Gasteiger partial charge in [-0.15, -0.1) is 0 Å². The van der Waals surface area contributed by atoms with E-state index in [2.05, 4.69) is 64.2 Å². The van der Waals surface area contributed by atoms with Gasteiger partial charge < -0.3 is 10.1 Å². The maximum atomic E-state index is 5.22. The Labute approximate surface area is 150 Å². The molecule has 0 aliphatic carbocycles. The number of benzene rings is 1. The van der Waals surface area contributed by atoms with Crippen molar-refractivity contribution in [3.63, 3.8) is 0 Å². The highest BCUT2D eigenvalue weighted by molar-refractivity contribution is 9.10. The molecular formula is C18H21BrN4O. The van der Waals surface area contributed by atoms with Crippen LogP contribution in [0.15, 0.2) is 34.9 Å². The van der Waals surface area contributed by atoms with Gasteiger partial charge >= 0.3 is 0 Å². The van der Waals surface area contributed by atoms with Crippen LogP contribution in [0.4, 0.5) is 11.5 Å². The predicted molar refractivity (Wildman–Crippen MR) is 101 cm³/mol. The van der Waals surface area contributed by atoms with Crippen LogP contribution in [0.3, 0.4) is 0 Å². The molecule has 0 aliphatic heterocycles. The second-order valence-corrected chi connectivity index (χ2v) is 6.89. The fourth-order valence-corrected chi connectivity index (χ4v) is 3.18.